The summed E-state index contributed by atoms with van der Waals surface area (Å²) in [7, 11) is 0. The van der Waals surface area contributed by atoms with E-state index in [1.807, 2.05) is 17.8 Å². The summed E-state index contributed by atoms with van der Waals surface area (Å²) in [6.45, 7) is 0. The minimum absolute atomic E-state index is 0.0406. The number of amides is 1. The Balaban J connectivity index is 2.02. The van der Waals surface area contributed by atoms with Gasteiger partial charge in [-0.1, -0.05) is 18.0 Å². The molecule has 0 aliphatic heterocycles. The molecule has 1 aromatic carbocycles. The van der Waals surface area contributed by atoms with Crippen LogP contribution in [0.2, 0.25) is 5.02 Å². The number of hydrogen-bond donors (Lipinski definition) is 1. The van der Waals surface area contributed by atoms with Gasteiger partial charge in [0.25, 0.3) is 5.91 Å². The Morgan fingerprint density at radius 3 is 3.00 bits per heavy atom. The number of carbonyl (C=O) groups is 1. The second kappa shape index (κ2) is 7.00. The van der Waals surface area contributed by atoms with Crippen LogP contribution in [-0.4, -0.2) is 23.5 Å². The third kappa shape index (κ3) is 4.14. The van der Waals surface area contributed by atoms with Crippen LogP contribution in [0.4, 0.5) is 0 Å². The van der Waals surface area contributed by atoms with Gasteiger partial charge in [-0.3, -0.25) is 4.79 Å². The average molecular weight is 363 g/mol. The fraction of sp³-hybridized carbons (Fsp3) is 0.500. The Labute approximate surface area is 131 Å². The SMILES string of the molecule is CSC1CCCC(NC(=O)c2cc(Cl)ccc2Br)C1. The Kier molecular flexibility index (Phi) is 5.60. The second-order valence-electron chi connectivity index (χ2n) is 4.82. The molecular weight excluding hydrogens is 346 g/mol. The summed E-state index contributed by atoms with van der Waals surface area (Å²) in [6.07, 6.45) is 6.72. The van der Waals surface area contributed by atoms with Gasteiger partial charge in [-0.2, -0.15) is 11.8 Å². The monoisotopic (exact) mass is 361 g/mol. The number of carbonyl (C=O) groups excluding carboxylic acids is 1. The molecular formula is C14H17BrClNOS. The van der Waals surface area contributed by atoms with Crippen LogP contribution in [0.3, 0.4) is 0 Å². The second-order valence-corrected chi connectivity index (χ2v) is 7.25. The van der Waals surface area contributed by atoms with E-state index < -0.39 is 0 Å². The van der Waals surface area contributed by atoms with E-state index in [-0.39, 0.29) is 11.9 Å². The van der Waals surface area contributed by atoms with Gasteiger partial charge in [-0.25, -0.2) is 0 Å². The largest absolute Gasteiger partial charge is 0.349 e. The first-order valence-corrected chi connectivity index (χ1v) is 8.84. The summed E-state index contributed by atoms with van der Waals surface area (Å²) in [5, 5.41) is 4.38. The predicted molar refractivity (Wildman–Crippen MR) is 86.2 cm³/mol. The minimum atomic E-state index is -0.0406. The first kappa shape index (κ1) is 15.2. The molecule has 0 spiro atoms. The molecule has 2 nitrogen and oxygen atoms in total. The van der Waals surface area contributed by atoms with Crippen molar-refractivity contribution in [2.24, 2.45) is 0 Å². The van der Waals surface area contributed by atoms with Crippen molar-refractivity contribution in [3.63, 3.8) is 0 Å². The van der Waals surface area contributed by atoms with E-state index in [2.05, 4.69) is 27.5 Å². The molecule has 2 rings (SSSR count). The summed E-state index contributed by atoms with van der Waals surface area (Å²) in [6, 6.07) is 5.57. The first-order chi connectivity index (χ1) is 9.10. The van der Waals surface area contributed by atoms with Gasteiger partial charge in [0.15, 0.2) is 0 Å². The molecule has 1 fully saturated rings. The average Bonchev–Trinajstić information content (AvgIpc) is 2.41. The standard InChI is InChI=1S/C14H17BrClNOS/c1-19-11-4-2-3-10(8-11)17-14(18)12-7-9(16)5-6-13(12)15/h5-7,10-11H,2-4,8H2,1H3,(H,17,18). The summed E-state index contributed by atoms with van der Waals surface area (Å²) in [4.78, 5) is 12.3. The number of hydrogen-bond acceptors (Lipinski definition) is 2. The summed E-state index contributed by atoms with van der Waals surface area (Å²) in [5.74, 6) is -0.0406. The Hall–Kier alpha value is -0.190. The zero-order valence-electron chi connectivity index (χ0n) is 10.8. The number of thioether (sulfide) groups is 1. The van der Waals surface area contributed by atoms with Gasteiger partial charge in [0.05, 0.1) is 5.56 Å². The van der Waals surface area contributed by atoms with E-state index in [9.17, 15) is 4.79 Å². The zero-order valence-corrected chi connectivity index (χ0v) is 13.9. The van der Waals surface area contributed by atoms with Crippen molar-refractivity contribution in [1.82, 2.24) is 5.32 Å². The van der Waals surface area contributed by atoms with Gasteiger partial charge >= 0.3 is 0 Å². The fourth-order valence-corrected chi connectivity index (χ4v) is 3.85. The minimum Gasteiger partial charge on any atom is -0.349 e. The highest BCUT2D eigenvalue weighted by Crippen LogP contribution is 2.27. The first-order valence-electron chi connectivity index (χ1n) is 6.39. The maximum atomic E-state index is 12.3. The fourth-order valence-electron chi connectivity index (χ4n) is 2.42. The third-order valence-corrected chi connectivity index (χ3v) is 5.49. The molecule has 0 heterocycles. The highest BCUT2D eigenvalue weighted by atomic mass is 79.9. The lowest BCUT2D eigenvalue weighted by molar-refractivity contribution is 0.0927. The topological polar surface area (TPSA) is 29.1 Å². The van der Waals surface area contributed by atoms with Crippen LogP contribution in [0.1, 0.15) is 36.0 Å². The smallest absolute Gasteiger partial charge is 0.252 e. The molecule has 1 aliphatic rings. The summed E-state index contributed by atoms with van der Waals surface area (Å²) in [5.41, 5.74) is 0.610. The van der Waals surface area contributed by atoms with Crippen molar-refractivity contribution >= 4 is 45.2 Å². The van der Waals surface area contributed by atoms with Crippen molar-refractivity contribution in [2.45, 2.75) is 37.0 Å². The number of benzene rings is 1. The predicted octanol–water partition coefficient (Wildman–Crippen LogP) is 4.51. The van der Waals surface area contributed by atoms with Crippen molar-refractivity contribution in [1.29, 1.82) is 0 Å². The maximum absolute atomic E-state index is 12.3. The molecule has 0 bridgehead atoms. The molecule has 5 heteroatoms. The molecule has 104 valence electrons. The van der Waals surface area contributed by atoms with Crippen LogP contribution in [-0.2, 0) is 0 Å². The van der Waals surface area contributed by atoms with Gasteiger partial charge in [0, 0.05) is 20.8 Å². The van der Waals surface area contributed by atoms with Crippen LogP contribution in [0, 0.1) is 0 Å². The van der Waals surface area contributed by atoms with Crippen molar-refractivity contribution < 1.29 is 4.79 Å². The van der Waals surface area contributed by atoms with E-state index in [0.29, 0.717) is 15.8 Å². The maximum Gasteiger partial charge on any atom is 0.252 e. The van der Waals surface area contributed by atoms with Crippen LogP contribution in [0.25, 0.3) is 0 Å². The van der Waals surface area contributed by atoms with Crippen molar-refractivity contribution in [3.05, 3.63) is 33.3 Å². The van der Waals surface area contributed by atoms with E-state index in [1.165, 1.54) is 12.8 Å². The summed E-state index contributed by atoms with van der Waals surface area (Å²) >= 11 is 11.2. The van der Waals surface area contributed by atoms with E-state index in [0.717, 1.165) is 17.3 Å². The van der Waals surface area contributed by atoms with Crippen LogP contribution < -0.4 is 5.32 Å². The molecule has 1 aliphatic carbocycles. The molecule has 1 aromatic rings. The lowest BCUT2D eigenvalue weighted by atomic mass is 9.94. The molecule has 2 unspecified atom stereocenters. The molecule has 1 amide bonds. The van der Waals surface area contributed by atoms with E-state index >= 15 is 0 Å². The Morgan fingerprint density at radius 2 is 2.26 bits per heavy atom. The Bertz CT molecular complexity index is 469. The van der Waals surface area contributed by atoms with Crippen LogP contribution in [0.15, 0.2) is 22.7 Å². The number of nitrogens with one attached hydrogen (secondary N) is 1. The van der Waals surface area contributed by atoms with Gasteiger partial charge in [0.1, 0.15) is 0 Å². The molecule has 1 N–H and O–H groups in total. The molecule has 2 atom stereocenters. The van der Waals surface area contributed by atoms with Gasteiger partial charge in [0.2, 0.25) is 0 Å². The highest BCUT2D eigenvalue weighted by molar-refractivity contribution is 9.10. The molecule has 0 aromatic heterocycles. The van der Waals surface area contributed by atoms with Gasteiger partial charge in [-0.15, -0.1) is 0 Å². The van der Waals surface area contributed by atoms with Crippen LogP contribution >= 0.6 is 39.3 Å². The molecule has 0 radical (unpaired) electrons. The van der Waals surface area contributed by atoms with E-state index in [4.69, 9.17) is 11.6 Å². The number of rotatable bonds is 3. The highest BCUT2D eigenvalue weighted by Gasteiger charge is 2.23. The van der Waals surface area contributed by atoms with Gasteiger partial charge in [-0.05, 0) is 59.6 Å². The quantitative estimate of drug-likeness (QED) is 0.857. The molecule has 19 heavy (non-hydrogen) atoms. The molecule has 1 saturated carbocycles. The van der Waals surface area contributed by atoms with Crippen molar-refractivity contribution in [3.8, 4) is 0 Å². The van der Waals surface area contributed by atoms with Crippen molar-refractivity contribution in [2.75, 3.05) is 6.26 Å². The Morgan fingerprint density at radius 1 is 1.47 bits per heavy atom. The third-order valence-electron chi connectivity index (χ3n) is 3.47. The zero-order chi connectivity index (χ0) is 13.8. The number of halogens is 2. The van der Waals surface area contributed by atoms with Gasteiger partial charge < -0.3 is 5.32 Å². The van der Waals surface area contributed by atoms with E-state index in [1.54, 1.807) is 12.1 Å². The summed E-state index contributed by atoms with van der Waals surface area (Å²) < 4.78 is 0.784. The molecule has 0 saturated heterocycles. The lowest BCUT2D eigenvalue weighted by Crippen LogP contribution is -2.39. The normalized spacial score (nSPS) is 23.1. The lowest BCUT2D eigenvalue weighted by Gasteiger charge is -2.28. The van der Waals surface area contributed by atoms with Crippen LogP contribution in [0.5, 0.6) is 0 Å².